The van der Waals surface area contributed by atoms with Crippen molar-refractivity contribution in [1.82, 2.24) is 5.32 Å². The molecule has 0 aromatic rings. The Morgan fingerprint density at radius 2 is 2.23 bits per heavy atom. The van der Waals surface area contributed by atoms with E-state index in [4.69, 9.17) is 5.26 Å². The van der Waals surface area contributed by atoms with Gasteiger partial charge in [-0.1, -0.05) is 0 Å². The molecule has 0 aliphatic heterocycles. The first-order chi connectivity index (χ1) is 5.87. The lowest BCUT2D eigenvalue weighted by atomic mass is 10.1. The third-order valence-corrected chi connectivity index (χ3v) is 1.94. The summed E-state index contributed by atoms with van der Waals surface area (Å²) in [5.74, 6) is -0.258. The minimum absolute atomic E-state index is 0.0381. The Morgan fingerprint density at radius 3 is 2.54 bits per heavy atom. The van der Waals surface area contributed by atoms with E-state index >= 15 is 0 Å². The fourth-order valence-electron chi connectivity index (χ4n) is 1.09. The Bertz CT molecular complexity index is 256. The predicted octanol–water partition coefficient (Wildman–Crippen LogP) is 0.320. The van der Waals surface area contributed by atoms with Gasteiger partial charge in [-0.15, -0.1) is 0 Å². The maximum Gasteiger partial charge on any atom is 0.224 e. The number of aliphatic hydroxyl groups is 1. The molecule has 0 heterocycles. The molecule has 72 valence electrons. The van der Waals surface area contributed by atoms with Crippen molar-refractivity contribution in [1.29, 1.82) is 5.26 Å². The number of carbonyl (C=O) groups excluding carboxylic acids is 1. The van der Waals surface area contributed by atoms with Gasteiger partial charge in [0.2, 0.25) is 5.91 Å². The lowest BCUT2D eigenvalue weighted by Gasteiger charge is -2.17. The molecule has 1 amide bonds. The molecule has 1 aliphatic carbocycles. The molecular formula is C9H14N2O2. The largest absolute Gasteiger partial charge is 0.390 e. The number of amides is 1. The Labute approximate surface area is 77.6 Å². The van der Waals surface area contributed by atoms with Gasteiger partial charge in [0, 0.05) is 0 Å². The van der Waals surface area contributed by atoms with E-state index in [1.807, 2.05) is 0 Å². The van der Waals surface area contributed by atoms with Crippen LogP contribution in [0.25, 0.3) is 0 Å². The standard InChI is InChI=1S/C9H14N2O2/c1-8(2,13)5-7(12)11-9(6-10)3-4-9/h13H,3-5H2,1-2H3,(H,11,12). The molecule has 0 unspecified atom stereocenters. The first kappa shape index (κ1) is 10.0. The summed E-state index contributed by atoms with van der Waals surface area (Å²) in [7, 11) is 0. The SMILES string of the molecule is CC(C)(O)CC(=O)NC1(C#N)CC1. The minimum atomic E-state index is -1.00. The molecule has 1 rings (SSSR count). The number of hydrogen-bond acceptors (Lipinski definition) is 3. The molecule has 4 heteroatoms. The van der Waals surface area contributed by atoms with Gasteiger partial charge in [0.25, 0.3) is 0 Å². The minimum Gasteiger partial charge on any atom is -0.390 e. The highest BCUT2D eigenvalue weighted by Crippen LogP contribution is 2.34. The van der Waals surface area contributed by atoms with Crippen LogP contribution < -0.4 is 5.32 Å². The normalized spacial score (nSPS) is 18.9. The molecule has 0 aromatic heterocycles. The van der Waals surface area contributed by atoms with E-state index in [1.165, 1.54) is 0 Å². The second kappa shape index (κ2) is 3.00. The summed E-state index contributed by atoms with van der Waals surface area (Å²) in [6.45, 7) is 3.14. The Morgan fingerprint density at radius 1 is 1.69 bits per heavy atom. The topological polar surface area (TPSA) is 73.1 Å². The second-order valence-electron chi connectivity index (χ2n) is 4.23. The highest BCUT2D eigenvalue weighted by molar-refractivity contribution is 5.78. The average molecular weight is 182 g/mol. The van der Waals surface area contributed by atoms with Gasteiger partial charge in [0.1, 0.15) is 5.54 Å². The van der Waals surface area contributed by atoms with Crippen LogP contribution in [0.4, 0.5) is 0 Å². The Hall–Kier alpha value is -1.08. The first-order valence-electron chi connectivity index (χ1n) is 4.32. The van der Waals surface area contributed by atoms with Crippen LogP contribution in [-0.4, -0.2) is 22.2 Å². The third kappa shape index (κ3) is 3.03. The van der Waals surface area contributed by atoms with E-state index in [2.05, 4.69) is 11.4 Å². The van der Waals surface area contributed by atoms with Gasteiger partial charge in [0.05, 0.1) is 18.1 Å². The number of nitrogens with one attached hydrogen (secondary N) is 1. The number of nitriles is 1. The van der Waals surface area contributed by atoms with Crippen molar-refractivity contribution in [3.8, 4) is 6.07 Å². The monoisotopic (exact) mass is 182 g/mol. The summed E-state index contributed by atoms with van der Waals surface area (Å²) in [6.07, 6.45) is 1.48. The number of carbonyl (C=O) groups is 1. The van der Waals surface area contributed by atoms with Crippen LogP contribution in [0.5, 0.6) is 0 Å². The fraction of sp³-hybridized carbons (Fsp3) is 0.778. The highest BCUT2D eigenvalue weighted by Gasteiger charge is 2.44. The van der Waals surface area contributed by atoms with E-state index < -0.39 is 11.1 Å². The summed E-state index contributed by atoms with van der Waals surface area (Å²) >= 11 is 0. The maximum absolute atomic E-state index is 11.3. The summed E-state index contributed by atoms with van der Waals surface area (Å²) < 4.78 is 0. The quantitative estimate of drug-likeness (QED) is 0.660. The van der Waals surface area contributed by atoms with Gasteiger partial charge in [-0.3, -0.25) is 4.79 Å². The third-order valence-electron chi connectivity index (χ3n) is 1.94. The van der Waals surface area contributed by atoms with Crippen molar-refractivity contribution >= 4 is 5.91 Å². The van der Waals surface area contributed by atoms with Gasteiger partial charge in [0.15, 0.2) is 0 Å². The van der Waals surface area contributed by atoms with E-state index in [-0.39, 0.29) is 12.3 Å². The molecule has 1 saturated carbocycles. The average Bonchev–Trinajstić information content (AvgIpc) is 2.65. The van der Waals surface area contributed by atoms with E-state index in [0.29, 0.717) is 0 Å². The van der Waals surface area contributed by atoms with Crippen LogP contribution in [-0.2, 0) is 4.79 Å². The van der Waals surface area contributed by atoms with Gasteiger partial charge < -0.3 is 10.4 Å². The molecule has 0 spiro atoms. The summed E-state index contributed by atoms with van der Waals surface area (Å²) in [5.41, 5.74) is -1.63. The van der Waals surface area contributed by atoms with Gasteiger partial charge in [-0.25, -0.2) is 0 Å². The van der Waals surface area contributed by atoms with Crippen LogP contribution >= 0.6 is 0 Å². The molecule has 0 saturated heterocycles. The smallest absolute Gasteiger partial charge is 0.224 e. The van der Waals surface area contributed by atoms with Crippen molar-refractivity contribution in [2.75, 3.05) is 0 Å². The van der Waals surface area contributed by atoms with Gasteiger partial charge >= 0.3 is 0 Å². The fourth-order valence-corrected chi connectivity index (χ4v) is 1.09. The summed E-state index contributed by atoms with van der Waals surface area (Å²) in [5, 5.41) is 20.6. The zero-order chi connectivity index (χ0) is 10.1. The molecule has 0 atom stereocenters. The van der Waals surface area contributed by atoms with Crippen molar-refractivity contribution in [2.24, 2.45) is 0 Å². The van der Waals surface area contributed by atoms with Gasteiger partial charge in [-0.05, 0) is 26.7 Å². The van der Waals surface area contributed by atoms with E-state index in [1.54, 1.807) is 13.8 Å². The van der Waals surface area contributed by atoms with Crippen LogP contribution in [0.2, 0.25) is 0 Å². The van der Waals surface area contributed by atoms with E-state index in [9.17, 15) is 9.90 Å². The van der Waals surface area contributed by atoms with Crippen LogP contribution in [0.3, 0.4) is 0 Å². The van der Waals surface area contributed by atoms with E-state index in [0.717, 1.165) is 12.8 Å². The summed E-state index contributed by atoms with van der Waals surface area (Å²) in [4.78, 5) is 11.3. The van der Waals surface area contributed by atoms with Crippen molar-refractivity contribution in [3.63, 3.8) is 0 Å². The molecule has 4 nitrogen and oxygen atoms in total. The molecule has 13 heavy (non-hydrogen) atoms. The second-order valence-corrected chi connectivity index (χ2v) is 4.23. The molecule has 2 N–H and O–H groups in total. The zero-order valence-electron chi connectivity index (χ0n) is 7.92. The Balaban J connectivity index is 2.40. The lowest BCUT2D eigenvalue weighted by molar-refractivity contribution is -0.125. The van der Waals surface area contributed by atoms with Crippen LogP contribution in [0.15, 0.2) is 0 Å². The number of hydrogen-bond donors (Lipinski definition) is 2. The van der Waals surface area contributed by atoms with Crippen LogP contribution in [0, 0.1) is 11.3 Å². The molecule has 0 bridgehead atoms. The summed E-state index contributed by atoms with van der Waals surface area (Å²) in [6, 6.07) is 2.06. The zero-order valence-corrected chi connectivity index (χ0v) is 7.92. The molecular weight excluding hydrogens is 168 g/mol. The van der Waals surface area contributed by atoms with Gasteiger partial charge in [-0.2, -0.15) is 5.26 Å². The molecule has 0 aromatic carbocycles. The predicted molar refractivity (Wildman–Crippen MR) is 46.6 cm³/mol. The number of rotatable bonds is 3. The number of nitrogens with zero attached hydrogens (tertiary/aromatic N) is 1. The lowest BCUT2D eigenvalue weighted by Crippen LogP contribution is -2.39. The van der Waals surface area contributed by atoms with Crippen LogP contribution in [0.1, 0.15) is 33.1 Å². The van der Waals surface area contributed by atoms with Crippen molar-refractivity contribution in [2.45, 2.75) is 44.2 Å². The molecule has 0 radical (unpaired) electrons. The Kier molecular flexibility index (Phi) is 2.31. The maximum atomic E-state index is 11.3. The first-order valence-corrected chi connectivity index (χ1v) is 4.32. The molecule has 1 aliphatic rings. The van der Waals surface area contributed by atoms with Crippen molar-refractivity contribution < 1.29 is 9.90 Å². The van der Waals surface area contributed by atoms with Crippen molar-refractivity contribution in [3.05, 3.63) is 0 Å². The molecule has 1 fully saturated rings. The highest BCUT2D eigenvalue weighted by atomic mass is 16.3.